The fraction of sp³-hybridized carbons (Fsp3) is 0.750. The molecule has 1 atom stereocenters. The van der Waals surface area contributed by atoms with Crippen molar-refractivity contribution in [1.29, 1.82) is 0 Å². The van der Waals surface area contributed by atoms with Crippen molar-refractivity contribution >= 4 is 48.7 Å². The van der Waals surface area contributed by atoms with Crippen LogP contribution in [0.25, 0.3) is 0 Å². The third-order valence-electron chi connectivity index (χ3n) is 0.609. The molecular weight excluding hydrogens is 259 g/mol. The van der Waals surface area contributed by atoms with Crippen molar-refractivity contribution in [2.75, 3.05) is 5.33 Å². The summed E-state index contributed by atoms with van der Waals surface area (Å²) < 4.78 is 0. The van der Waals surface area contributed by atoms with E-state index in [-0.39, 0.29) is 10.1 Å². The maximum Gasteiger partial charge on any atom is 0.235 e. The average Bonchev–Trinajstić information content (AvgIpc) is 1.67. The minimum atomic E-state index is -0.329. The van der Waals surface area contributed by atoms with E-state index < -0.39 is 0 Å². The highest BCUT2D eigenvalue weighted by Crippen LogP contribution is 2.09. The second-order valence-electron chi connectivity index (χ2n) is 1.25. The molecule has 0 saturated carbocycles. The number of halogens is 3. The lowest BCUT2D eigenvalue weighted by Crippen LogP contribution is -2.06. The highest BCUT2D eigenvalue weighted by Gasteiger charge is 2.09. The van der Waals surface area contributed by atoms with Crippen LogP contribution in [-0.2, 0) is 4.79 Å². The molecule has 8 heavy (non-hydrogen) atoms. The van der Waals surface area contributed by atoms with Gasteiger partial charge in [-0.1, -0.05) is 31.9 Å². The van der Waals surface area contributed by atoms with Crippen LogP contribution in [-0.4, -0.2) is 15.4 Å². The van der Waals surface area contributed by atoms with Gasteiger partial charge in [-0.05, 0) is 18.0 Å². The summed E-state index contributed by atoms with van der Waals surface area (Å²) in [6, 6.07) is 0. The minimum Gasteiger partial charge on any atom is -0.280 e. The molecule has 0 amide bonds. The Morgan fingerprint density at radius 2 is 2.25 bits per heavy atom. The normalized spacial score (nSPS) is 13.4. The van der Waals surface area contributed by atoms with E-state index in [9.17, 15) is 4.79 Å². The molecule has 0 unspecified atom stereocenters. The van der Waals surface area contributed by atoms with Gasteiger partial charge >= 0.3 is 0 Å². The van der Waals surface area contributed by atoms with Crippen LogP contribution in [0.4, 0.5) is 0 Å². The lowest BCUT2D eigenvalue weighted by Gasteiger charge is -1.96. The molecule has 0 bridgehead atoms. The van der Waals surface area contributed by atoms with E-state index in [2.05, 4.69) is 31.9 Å². The molecule has 4 heteroatoms. The Labute approximate surface area is 70.0 Å². The Balaban J connectivity index is 3.32. The van der Waals surface area contributed by atoms with E-state index in [1.807, 2.05) is 0 Å². The van der Waals surface area contributed by atoms with Gasteiger partial charge in [0.05, 0.1) is 4.83 Å². The summed E-state index contributed by atoms with van der Waals surface area (Å²) in [6.07, 6.45) is 0.738. The van der Waals surface area contributed by atoms with Crippen LogP contribution in [0.15, 0.2) is 0 Å². The third kappa shape index (κ3) is 3.87. The van der Waals surface area contributed by atoms with E-state index >= 15 is 0 Å². The molecule has 0 radical (unpaired) electrons. The maximum absolute atomic E-state index is 10.2. The first-order chi connectivity index (χ1) is 3.68. The molecule has 1 nitrogen and oxygen atoms in total. The summed E-state index contributed by atoms with van der Waals surface area (Å²) in [7, 11) is 0. The SMILES string of the molecule is O=C(Cl)[C@H](Br)CCBr. The number of carbonyl (C=O) groups is 1. The van der Waals surface area contributed by atoms with Gasteiger partial charge in [-0.3, -0.25) is 4.79 Å². The van der Waals surface area contributed by atoms with Gasteiger partial charge in [0.15, 0.2) is 0 Å². The molecule has 0 aliphatic rings. The lowest BCUT2D eigenvalue weighted by atomic mass is 10.4. The molecule has 0 N–H and O–H groups in total. The summed E-state index contributed by atoms with van der Waals surface area (Å²) >= 11 is 11.4. The Bertz CT molecular complexity index is 86.1. The van der Waals surface area contributed by atoms with Crippen LogP contribution in [0.5, 0.6) is 0 Å². The van der Waals surface area contributed by atoms with Crippen LogP contribution in [0.3, 0.4) is 0 Å². The summed E-state index contributed by atoms with van der Waals surface area (Å²) in [6.45, 7) is 0. The number of hydrogen-bond acceptors (Lipinski definition) is 1. The Hall–Kier alpha value is 0.920. The molecule has 0 aliphatic heterocycles. The fourth-order valence-electron chi connectivity index (χ4n) is 0.209. The Morgan fingerprint density at radius 3 is 2.38 bits per heavy atom. The topological polar surface area (TPSA) is 17.1 Å². The predicted octanol–water partition coefficient (Wildman–Crippen LogP) is 2.30. The first-order valence-corrected chi connectivity index (χ1v) is 4.49. The zero-order valence-electron chi connectivity index (χ0n) is 4.03. The number of rotatable bonds is 3. The van der Waals surface area contributed by atoms with E-state index in [0.29, 0.717) is 0 Å². The van der Waals surface area contributed by atoms with Gasteiger partial charge in [0.25, 0.3) is 0 Å². The zero-order chi connectivity index (χ0) is 6.57. The summed E-state index contributed by atoms with van der Waals surface area (Å²) in [5.41, 5.74) is 0. The Kier molecular flexibility index (Phi) is 5.31. The van der Waals surface area contributed by atoms with Gasteiger partial charge in [-0.25, -0.2) is 0 Å². The molecule has 0 heterocycles. The van der Waals surface area contributed by atoms with Gasteiger partial charge in [-0.15, -0.1) is 0 Å². The summed E-state index contributed by atoms with van der Waals surface area (Å²) in [5.74, 6) is 0. The van der Waals surface area contributed by atoms with Crippen molar-refractivity contribution in [3.05, 3.63) is 0 Å². The number of carbonyl (C=O) groups excluding carboxylic acids is 1. The van der Waals surface area contributed by atoms with Crippen LogP contribution < -0.4 is 0 Å². The monoisotopic (exact) mass is 262 g/mol. The highest BCUT2D eigenvalue weighted by atomic mass is 79.9. The van der Waals surface area contributed by atoms with Gasteiger partial charge in [0, 0.05) is 5.33 Å². The van der Waals surface area contributed by atoms with Crippen molar-refractivity contribution in [2.24, 2.45) is 0 Å². The molecule has 48 valence electrons. The smallest absolute Gasteiger partial charge is 0.235 e. The molecule has 0 rings (SSSR count). The van der Waals surface area contributed by atoms with Crippen LogP contribution in [0, 0.1) is 0 Å². The highest BCUT2D eigenvalue weighted by molar-refractivity contribution is 9.10. The van der Waals surface area contributed by atoms with Crippen molar-refractivity contribution in [1.82, 2.24) is 0 Å². The summed E-state index contributed by atoms with van der Waals surface area (Å²) in [5, 5.41) is 0.464. The quantitative estimate of drug-likeness (QED) is 0.564. The minimum absolute atomic E-state index is 0.191. The van der Waals surface area contributed by atoms with E-state index in [1.54, 1.807) is 0 Å². The molecule has 0 aromatic rings. The predicted molar refractivity (Wildman–Crippen MR) is 42.0 cm³/mol. The maximum atomic E-state index is 10.2. The number of alkyl halides is 2. The van der Waals surface area contributed by atoms with Gasteiger partial charge in [-0.2, -0.15) is 0 Å². The van der Waals surface area contributed by atoms with Crippen molar-refractivity contribution < 1.29 is 4.79 Å². The second kappa shape index (κ2) is 4.77. The standard InChI is InChI=1S/C4H5Br2ClO/c5-2-1-3(6)4(7)8/h3H,1-2H2/t3-/m1/s1. The van der Waals surface area contributed by atoms with E-state index in [4.69, 9.17) is 11.6 Å². The lowest BCUT2D eigenvalue weighted by molar-refractivity contribution is -0.111. The van der Waals surface area contributed by atoms with Gasteiger partial charge in [0.2, 0.25) is 5.24 Å². The van der Waals surface area contributed by atoms with Crippen molar-refractivity contribution in [3.63, 3.8) is 0 Å². The summed E-state index contributed by atoms with van der Waals surface area (Å²) in [4.78, 5) is 10.0. The molecule has 0 aliphatic carbocycles. The van der Waals surface area contributed by atoms with E-state index in [0.717, 1.165) is 11.8 Å². The van der Waals surface area contributed by atoms with E-state index in [1.165, 1.54) is 0 Å². The van der Waals surface area contributed by atoms with Gasteiger partial charge in [0.1, 0.15) is 0 Å². The first-order valence-electron chi connectivity index (χ1n) is 2.08. The number of hydrogen-bond donors (Lipinski definition) is 0. The van der Waals surface area contributed by atoms with Crippen LogP contribution in [0.1, 0.15) is 6.42 Å². The first kappa shape index (κ1) is 8.92. The van der Waals surface area contributed by atoms with Crippen molar-refractivity contribution in [2.45, 2.75) is 11.2 Å². The average molecular weight is 264 g/mol. The Morgan fingerprint density at radius 1 is 1.75 bits per heavy atom. The molecular formula is C4H5Br2ClO. The van der Waals surface area contributed by atoms with Crippen LogP contribution >= 0.6 is 43.5 Å². The second-order valence-corrected chi connectivity index (χ2v) is 3.52. The third-order valence-corrected chi connectivity index (χ3v) is 2.47. The molecule has 0 aromatic heterocycles. The molecule has 0 fully saturated rings. The zero-order valence-corrected chi connectivity index (χ0v) is 7.96. The largest absolute Gasteiger partial charge is 0.280 e. The van der Waals surface area contributed by atoms with Gasteiger partial charge < -0.3 is 0 Å². The fourth-order valence-corrected chi connectivity index (χ4v) is 1.62. The van der Waals surface area contributed by atoms with Crippen molar-refractivity contribution in [3.8, 4) is 0 Å². The molecule has 0 spiro atoms. The van der Waals surface area contributed by atoms with Crippen LogP contribution in [0.2, 0.25) is 0 Å². The molecule has 0 saturated heterocycles. The molecule has 0 aromatic carbocycles.